The maximum Gasteiger partial charge on any atom is 0.237 e. The molecule has 0 saturated heterocycles. The number of carbonyl (C=O) groups excluding carboxylic acids is 1. The van der Waals surface area contributed by atoms with Crippen LogP contribution in [0.15, 0.2) is 28.6 Å². The molecule has 3 rings (SSSR count). The molecular formula is C13H14N4OS2. The van der Waals surface area contributed by atoms with Crippen LogP contribution in [-0.4, -0.2) is 35.4 Å². The van der Waals surface area contributed by atoms with Gasteiger partial charge in [0.15, 0.2) is 4.34 Å². The van der Waals surface area contributed by atoms with E-state index < -0.39 is 0 Å². The molecule has 2 aromatic rings. The van der Waals surface area contributed by atoms with Gasteiger partial charge in [-0.2, -0.15) is 0 Å². The normalized spacial score (nSPS) is 13.3. The van der Waals surface area contributed by atoms with Gasteiger partial charge in [0.2, 0.25) is 11.0 Å². The minimum Gasteiger partial charge on any atom is -0.363 e. The van der Waals surface area contributed by atoms with E-state index in [1.165, 1.54) is 28.7 Å². The number of anilines is 2. The van der Waals surface area contributed by atoms with Gasteiger partial charge in [0, 0.05) is 19.3 Å². The van der Waals surface area contributed by atoms with E-state index in [2.05, 4.69) is 21.6 Å². The Kier molecular flexibility index (Phi) is 3.88. The minimum atomic E-state index is 0.126. The molecule has 0 atom stereocenters. The topological polar surface area (TPSA) is 58.1 Å². The predicted octanol–water partition coefficient (Wildman–Crippen LogP) is 2.26. The van der Waals surface area contributed by atoms with Crippen molar-refractivity contribution in [3.63, 3.8) is 0 Å². The lowest BCUT2D eigenvalue weighted by Crippen LogP contribution is -2.30. The first-order chi connectivity index (χ1) is 9.78. The van der Waals surface area contributed by atoms with Crippen molar-refractivity contribution in [1.82, 2.24) is 10.2 Å². The molecule has 1 aromatic carbocycles. The Hall–Kier alpha value is -1.60. The van der Waals surface area contributed by atoms with E-state index in [0.717, 1.165) is 28.1 Å². The van der Waals surface area contributed by atoms with Crippen molar-refractivity contribution in [2.75, 3.05) is 29.6 Å². The molecule has 0 fully saturated rings. The van der Waals surface area contributed by atoms with Crippen molar-refractivity contribution >= 4 is 39.8 Å². The summed E-state index contributed by atoms with van der Waals surface area (Å²) < 4.78 is 0.815. The zero-order valence-corrected chi connectivity index (χ0v) is 12.6. The summed E-state index contributed by atoms with van der Waals surface area (Å²) in [7, 11) is 1.81. The summed E-state index contributed by atoms with van der Waals surface area (Å²) in [5, 5.41) is 11.7. The number of para-hydroxylation sites is 1. The number of aromatic nitrogens is 2. The third-order valence-corrected chi connectivity index (χ3v) is 5.19. The molecule has 5 nitrogen and oxygen atoms in total. The van der Waals surface area contributed by atoms with Crippen LogP contribution in [0.1, 0.15) is 5.56 Å². The van der Waals surface area contributed by atoms with Gasteiger partial charge >= 0.3 is 0 Å². The van der Waals surface area contributed by atoms with Crippen molar-refractivity contribution in [2.24, 2.45) is 0 Å². The summed E-state index contributed by atoms with van der Waals surface area (Å²) >= 11 is 2.90. The van der Waals surface area contributed by atoms with Gasteiger partial charge in [-0.1, -0.05) is 41.3 Å². The predicted molar refractivity (Wildman–Crippen MR) is 82.7 cm³/mol. The van der Waals surface area contributed by atoms with E-state index in [0.29, 0.717) is 5.75 Å². The summed E-state index contributed by atoms with van der Waals surface area (Å²) in [5.74, 6) is 0.522. The van der Waals surface area contributed by atoms with Gasteiger partial charge in [-0.15, -0.1) is 10.2 Å². The molecule has 0 unspecified atom stereocenters. The molecule has 0 aliphatic carbocycles. The molecule has 0 bridgehead atoms. The van der Waals surface area contributed by atoms with Crippen molar-refractivity contribution in [3.05, 3.63) is 29.8 Å². The quantitative estimate of drug-likeness (QED) is 0.878. The van der Waals surface area contributed by atoms with Crippen LogP contribution in [0.25, 0.3) is 0 Å². The summed E-state index contributed by atoms with van der Waals surface area (Å²) in [4.78, 5) is 14.2. The molecule has 104 valence electrons. The second-order valence-corrected chi connectivity index (χ2v) is 6.54. The zero-order chi connectivity index (χ0) is 13.9. The highest BCUT2D eigenvalue weighted by atomic mass is 32.2. The number of nitrogens with one attached hydrogen (secondary N) is 1. The van der Waals surface area contributed by atoms with Gasteiger partial charge < -0.3 is 10.2 Å². The first-order valence-electron chi connectivity index (χ1n) is 6.30. The zero-order valence-electron chi connectivity index (χ0n) is 11.0. The number of nitrogens with zero attached hydrogens (tertiary/aromatic N) is 3. The molecule has 2 heterocycles. The molecule has 0 saturated carbocycles. The Morgan fingerprint density at radius 3 is 3.10 bits per heavy atom. The Labute approximate surface area is 125 Å². The van der Waals surface area contributed by atoms with E-state index in [1.54, 1.807) is 7.05 Å². The molecule has 1 amide bonds. The molecule has 0 radical (unpaired) electrons. The largest absolute Gasteiger partial charge is 0.363 e. The van der Waals surface area contributed by atoms with Crippen LogP contribution in [0, 0.1) is 0 Å². The van der Waals surface area contributed by atoms with E-state index >= 15 is 0 Å². The van der Waals surface area contributed by atoms with Gasteiger partial charge in [-0.25, -0.2) is 0 Å². The van der Waals surface area contributed by atoms with Gasteiger partial charge in [0.1, 0.15) is 0 Å². The number of carbonyl (C=O) groups is 1. The second kappa shape index (κ2) is 5.80. The van der Waals surface area contributed by atoms with E-state index in [-0.39, 0.29) is 5.91 Å². The SMILES string of the molecule is CNc1nnc(SCC(=O)N2CCc3ccccc32)s1. The van der Waals surface area contributed by atoms with Gasteiger partial charge in [-0.05, 0) is 18.1 Å². The van der Waals surface area contributed by atoms with Crippen molar-refractivity contribution < 1.29 is 4.79 Å². The third kappa shape index (κ3) is 2.64. The van der Waals surface area contributed by atoms with Gasteiger partial charge in [-0.3, -0.25) is 4.79 Å². The molecule has 1 aliphatic heterocycles. The van der Waals surface area contributed by atoms with Crippen LogP contribution < -0.4 is 10.2 Å². The average molecular weight is 306 g/mol. The highest BCUT2D eigenvalue weighted by Crippen LogP contribution is 2.30. The Morgan fingerprint density at radius 1 is 1.45 bits per heavy atom. The molecule has 0 spiro atoms. The second-order valence-electron chi connectivity index (χ2n) is 4.34. The van der Waals surface area contributed by atoms with Crippen molar-refractivity contribution in [1.29, 1.82) is 0 Å². The van der Waals surface area contributed by atoms with Gasteiger partial charge in [0.25, 0.3) is 0 Å². The highest BCUT2D eigenvalue weighted by molar-refractivity contribution is 8.01. The lowest BCUT2D eigenvalue weighted by Gasteiger charge is -2.16. The standard InChI is InChI=1S/C13H14N4OS2/c1-14-12-15-16-13(20-12)19-8-11(18)17-7-6-9-4-2-3-5-10(9)17/h2-5H,6-8H2,1H3,(H,14,15). The van der Waals surface area contributed by atoms with Crippen LogP contribution in [0.2, 0.25) is 0 Å². The first-order valence-corrected chi connectivity index (χ1v) is 8.10. The van der Waals surface area contributed by atoms with Crippen LogP contribution in [0.5, 0.6) is 0 Å². The number of hydrogen-bond acceptors (Lipinski definition) is 6. The van der Waals surface area contributed by atoms with Crippen LogP contribution in [-0.2, 0) is 11.2 Å². The first kappa shape index (κ1) is 13.4. The average Bonchev–Trinajstić information content (AvgIpc) is 3.11. The summed E-state index contributed by atoms with van der Waals surface area (Å²) in [6.45, 7) is 0.774. The fraction of sp³-hybridized carbons (Fsp3) is 0.308. The minimum absolute atomic E-state index is 0.126. The molecule has 1 aliphatic rings. The number of hydrogen-bond donors (Lipinski definition) is 1. The van der Waals surface area contributed by atoms with Crippen LogP contribution in [0.4, 0.5) is 10.8 Å². The molecule has 1 N–H and O–H groups in total. The maximum atomic E-state index is 12.3. The lowest BCUT2D eigenvalue weighted by atomic mass is 10.2. The fourth-order valence-electron chi connectivity index (χ4n) is 2.17. The van der Waals surface area contributed by atoms with E-state index in [9.17, 15) is 4.79 Å². The summed E-state index contributed by atoms with van der Waals surface area (Å²) in [6, 6.07) is 8.08. The van der Waals surface area contributed by atoms with Gasteiger partial charge in [0.05, 0.1) is 5.75 Å². The Bertz CT molecular complexity index is 628. The number of rotatable bonds is 4. The summed E-state index contributed by atoms with van der Waals surface area (Å²) in [5.41, 5.74) is 2.30. The third-order valence-electron chi connectivity index (χ3n) is 3.13. The molecule has 1 aromatic heterocycles. The number of benzene rings is 1. The monoisotopic (exact) mass is 306 g/mol. The molecule has 7 heteroatoms. The number of fused-ring (bicyclic) bond motifs is 1. The van der Waals surface area contributed by atoms with E-state index in [4.69, 9.17) is 0 Å². The van der Waals surface area contributed by atoms with Crippen molar-refractivity contribution in [3.8, 4) is 0 Å². The summed E-state index contributed by atoms with van der Waals surface area (Å²) in [6.07, 6.45) is 0.940. The van der Waals surface area contributed by atoms with Crippen LogP contribution in [0.3, 0.4) is 0 Å². The number of amides is 1. The highest BCUT2D eigenvalue weighted by Gasteiger charge is 2.24. The molecular weight excluding hydrogens is 292 g/mol. The van der Waals surface area contributed by atoms with E-state index in [1.807, 2.05) is 23.1 Å². The fourth-order valence-corrected chi connectivity index (χ4v) is 3.75. The molecule has 20 heavy (non-hydrogen) atoms. The Balaban J connectivity index is 1.63. The van der Waals surface area contributed by atoms with Crippen molar-refractivity contribution in [2.45, 2.75) is 10.8 Å². The maximum absolute atomic E-state index is 12.3. The smallest absolute Gasteiger partial charge is 0.237 e. The van der Waals surface area contributed by atoms with Crippen LogP contribution >= 0.6 is 23.1 Å². The lowest BCUT2D eigenvalue weighted by molar-refractivity contribution is -0.116. The number of thioether (sulfide) groups is 1. The Morgan fingerprint density at radius 2 is 2.30 bits per heavy atom.